The van der Waals surface area contributed by atoms with Crippen LogP contribution in [0.15, 0.2) is 36.7 Å². The van der Waals surface area contributed by atoms with Crippen molar-refractivity contribution in [2.24, 2.45) is 5.92 Å². The van der Waals surface area contributed by atoms with E-state index in [0.29, 0.717) is 5.92 Å². The number of aromatic nitrogens is 3. The summed E-state index contributed by atoms with van der Waals surface area (Å²) in [6.45, 7) is 6.59. The van der Waals surface area contributed by atoms with Gasteiger partial charge in [-0.05, 0) is 31.0 Å². The van der Waals surface area contributed by atoms with Crippen molar-refractivity contribution in [3.05, 3.63) is 42.5 Å². The summed E-state index contributed by atoms with van der Waals surface area (Å²) >= 11 is 0. The summed E-state index contributed by atoms with van der Waals surface area (Å²) in [6, 6.07) is 10.3. The zero-order valence-electron chi connectivity index (χ0n) is 11.5. The molecule has 1 N–H and O–H groups in total. The monoisotopic (exact) mass is 256 g/mol. The Morgan fingerprint density at radius 3 is 2.68 bits per heavy atom. The van der Waals surface area contributed by atoms with Gasteiger partial charge in [-0.2, -0.15) is 0 Å². The van der Waals surface area contributed by atoms with Crippen LogP contribution in [0.2, 0.25) is 0 Å². The number of hydrogen-bond donors (Lipinski definition) is 1. The Morgan fingerprint density at radius 2 is 2.05 bits per heavy atom. The number of hydrogen-bond acceptors (Lipinski definition) is 3. The van der Waals surface area contributed by atoms with Crippen LogP contribution < -0.4 is 5.32 Å². The maximum Gasteiger partial charge on any atom is 0.145 e. The van der Waals surface area contributed by atoms with E-state index in [1.165, 1.54) is 0 Å². The maximum absolute atomic E-state index is 4.44. The molecule has 0 bridgehead atoms. The van der Waals surface area contributed by atoms with E-state index < -0.39 is 0 Å². The van der Waals surface area contributed by atoms with Crippen LogP contribution in [0.5, 0.6) is 0 Å². The quantitative estimate of drug-likeness (QED) is 0.915. The van der Waals surface area contributed by atoms with Crippen molar-refractivity contribution < 1.29 is 0 Å². The van der Waals surface area contributed by atoms with E-state index in [9.17, 15) is 0 Å². The van der Waals surface area contributed by atoms with Gasteiger partial charge < -0.3 is 5.32 Å². The van der Waals surface area contributed by atoms with Crippen LogP contribution >= 0.6 is 0 Å². The highest BCUT2D eigenvalue weighted by Gasteiger charge is 2.42. The third kappa shape index (κ3) is 1.96. The van der Waals surface area contributed by atoms with E-state index >= 15 is 0 Å². The van der Waals surface area contributed by atoms with Crippen molar-refractivity contribution in [2.45, 2.75) is 25.7 Å². The third-order valence-corrected chi connectivity index (χ3v) is 4.32. The minimum absolute atomic E-state index is 0.0896. The Hall–Kier alpha value is -1.68. The van der Waals surface area contributed by atoms with Gasteiger partial charge in [0.25, 0.3) is 0 Å². The van der Waals surface area contributed by atoms with E-state index in [4.69, 9.17) is 0 Å². The molecule has 1 aliphatic rings. The topological polar surface area (TPSA) is 42.7 Å². The van der Waals surface area contributed by atoms with Crippen molar-refractivity contribution >= 4 is 0 Å². The molecule has 1 aliphatic heterocycles. The summed E-state index contributed by atoms with van der Waals surface area (Å²) in [5, 5.41) is 12.1. The standard InChI is InChI=1S/C15H20N4/c1-12(2)15(8-9-16-10-15)14-18-17-11-19(14)13-6-4-3-5-7-13/h3-7,11-12,16H,8-10H2,1-2H3. The second-order valence-corrected chi connectivity index (χ2v) is 5.60. The second kappa shape index (κ2) is 4.78. The van der Waals surface area contributed by atoms with Gasteiger partial charge in [0.15, 0.2) is 0 Å². The highest BCUT2D eigenvalue weighted by atomic mass is 15.3. The van der Waals surface area contributed by atoms with E-state index in [1.54, 1.807) is 0 Å². The average molecular weight is 256 g/mol. The molecule has 4 heteroatoms. The number of benzene rings is 1. The van der Waals surface area contributed by atoms with Crippen molar-refractivity contribution in [3.63, 3.8) is 0 Å². The van der Waals surface area contributed by atoms with Crippen molar-refractivity contribution in [1.82, 2.24) is 20.1 Å². The fourth-order valence-corrected chi connectivity index (χ4v) is 3.01. The summed E-state index contributed by atoms with van der Waals surface area (Å²) in [5.41, 5.74) is 1.22. The van der Waals surface area contributed by atoms with Gasteiger partial charge in [-0.1, -0.05) is 32.0 Å². The van der Waals surface area contributed by atoms with Gasteiger partial charge in [-0.3, -0.25) is 4.57 Å². The molecular weight excluding hydrogens is 236 g/mol. The lowest BCUT2D eigenvalue weighted by molar-refractivity contribution is 0.313. The molecule has 1 fully saturated rings. The van der Waals surface area contributed by atoms with Gasteiger partial charge in [-0.15, -0.1) is 10.2 Å². The smallest absolute Gasteiger partial charge is 0.145 e. The molecule has 1 saturated heterocycles. The molecule has 4 nitrogen and oxygen atoms in total. The molecule has 0 saturated carbocycles. The van der Waals surface area contributed by atoms with Crippen LogP contribution in [0.4, 0.5) is 0 Å². The molecule has 0 spiro atoms. The SMILES string of the molecule is CC(C)C1(c2nncn2-c2ccccc2)CCNC1. The lowest BCUT2D eigenvalue weighted by atomic mass is 9.75. The lowest BCUT2D eigenvalue weighted by Gasteiger charge is -2.31. The summed E-state index contributed by atoms with van der Waals surface area (Å²) in [6.07, 6.45) is 2.95. The molecule has 100 valence electrons. The van der Waals surface area contributed by atoms with E-state index in [1.807, 2.05) is 24.5 Å². The lowest BCUT2D eigenvalue weighted by Crippen LogP contribution is -2.37. The molecule has 19 heavy (non-hydrogen) atoms. The van der Waals surface area contributed by atoms with Crippen LogP contribution in [-0.4, -0.2) is 27.9 Å². The third-order valence-electron chi connectivity index (χ3n) is 4.32. The number of para-hydroxylation sites is 1. The summed E-state index contributed by atoms with van der Waals surface area (Å²) in [5.74, 6) is 1.62. The first kappa shape index (κ1) is 12.4. The Labute approximate surface area is 113 Å². The second-order valence-electron chi connectivity index (χ2n) is 5.60. The highest BCUT2D eigenvalue weighted by molar-refractivity contribution is 5.34. The van der Waals surface area contributed by atoms with Crippen molar-refractivity contribution in [2.75, 3.05) is 13.1 Å². The molecule has 1 unspecified atom stereocenters. The normalized spacial score (nSPS) is 23.1. The van der Waals surface area contributed by atoms with Crippen LogP contribution in [-0.2, 0) is 5.41 Å². The first-order valence-corrected chi connectivity index (χ1v) is 6.91. The Bertz CT molecular complexity index is 538. The fourth-order valence-electron chi connectivity index (χ4n) is 3.01. The highest BCUT2D eigenvalue weighted by Crippen LogP contribution is 2.37. The molecular formula is C15H20N4. The molecule has 1 atom stereocenters. The van der Waals surface area contributed by atoms with Crippen LogP contribution in [0.1, 0.15) is 26.1 Å². The Kier molecular flexibility index (Phi) is 3.11. The summed E-state index contributed by atoms with van der Waals surface area (Å²) in [4.78, 5) is 0. The molecule has 0 radical (unpaired) electrons. The Balaban J connectivity index is 2.09. The van der Waals surface area contributed by atoms with Gasteiger partial charge >= 0.3 is 0 Å². The molecule has 1 aromatic carbocycles. The van der Waals surface area contributed by atoms with Gasteiger partial charge in [0.1, 0.15) is 12.2 Å². The Morgan fingerprint density at radius 1 is 1.26 bits per heavy atom. The largest absolute Gasteiger partial charge is 0.316 e. The minimum Gasteiger partial charge on any atom is -0.316 e. The molecule has 2 heterocycles. The van der Waals surface area contributed by atoms with E-state index in [2.05, 4.69) is 46.1 Å². The number of rotatable bonds is 3. The minimum atomic E-state index is 0.0896. The molecule has 2 aromatic rings. The van der Waals surface area contributed by atoms with Crippen LogP contribution in [0.3, 0.4) is 0 Å². The predicted octanol–water partition coefficient (Wildman–Crippen LogP) is 2.15. The van der Waals surface area contributed by atoms with E-state index in [0.717, 1.165) is 31.0 Å². The molecule has 0 amide bonds. The zero-order chi connectivity index (χ0) is 13.3. The maximum atomic E-state index is 4.44. The van der Waals surface area contributed by atoms with Crippen LogP contribution in [0.25, 0.3) is 5.69 Å². The summed E-state index contributed by atoms with van der Waals surface area (Å²) < 4.78 is 2.13. The molecule has 0 aliphatic carbocycles. The first-order valence-electron chi connectivity index (χ1n) is 6.91. The molecule has 3 rings (SSSR count). The average Bonchev–Trinajstić information content (AvgIpc) is 3.09. The van der Waals surface area contributed by atoms with Crippen LogP contribution in [0, 0.1) is 5.92 Å². The van der Waals surface area contributed by atoms with Gasteiger partial charge in [0, 0.05) is 17.6 Å². The van der Waals surface area contributed by atoms with Gasteiger partial charge in [-0.25, -0.2) is 0 Å². The van der Waals surface area contributed by atoms with Gasteiger partial charge in [0.05, 0.1) is 0 Å². The predicted molar refractivity (Wildman–Crippen MR) is 75.4 cm³/mol. The zero-order valence-corrected chi connectivity index (χ0v) is 11.5. The summed E-state index contributed by atoms with van der Waals surface area (Å²) in [7, 11) is 0. The molecule has 1 aromatic heterocycles. The fraction of sp³-hybridized carbons (Fsp3) is 0.467. The van der Waals surface area contributed by atoms with Gasteiger partial charge in [0.2, 0.25) is 0 Å². The van der Waals surface area contributed by atoms with Crippen molar-refractivity contribution in [1.29, 1.82) is 0 Å². The van der Waals surface area contributed by atoms with Crippen molar-refractivity contribution in [3.8, 4) is 5.69 Å². The number of nitrogens with zero attached hydrogens (tertiary/aromatic N) is 3. The first-order chi connectivity index (χ1) is 9.24. The number of nitrogens with one attached hydrogen (secondary N) is 1. The van der Waals surface area contributed by atoms with E-state index in [-0.39, 0.29) is 5.41 Å².